The van der Waals surface area contributed by atoms with Crippen LogP contribution in [0, 0.1) is 0 Å². The number of hydrogen-bond donors (Lipinski definition) is 1. The lowest BCUT2D eigenvalue weighted by atomic mass is 9.94. The molecular weight excluding hydrogens is 344 g/mol. The minimum absolute atomic E-state index is 0.0909. The second-order valence-corrected chi connectivity index (χ2v) is 9.30. The van der Waals surface area contributed by atoms with Gasteiger partial charge in [0.05, 0.1) is 11.9 Å². The number of hydrogen-bond acceptors (Lipinski definition) is 6. The first-order chi connectivity index (χ1) is 12.5. The molecule has 1 unspecified atom stereocenters. The van der Waals surface area contributed by atoms with Crippen LogP contribution >= 0.6 is 0 Å². The van der Waals surface area contributed by atoms with Crippen molar-refractivity contribution >= 4 is 5.91 Å². The lowest BCUT2D eigenvalue weighted by molar-refractivity contribution is 0.0746. The Morgan fingerprint density at radius 1 is 1.22 bits per heavy atom. The van der Waals surface area contributed by atoms with Gasteiger partial charge in [0.1, 0.15) is 11.5 Å². The highest BCUT2D eigenvalue weighted by atomic mass is 16.4. The van der Waals surface area contributed by atoms with Crippen LogP contribution in [0.1, 0.15) is 87.7 Å². The van der Waals surface area contributed by atoms with Crippen molar-refractivity contribution in [3.05, 3.63) is 35.2 Å². The van der Waals surface area contributed by atoms with E-state index in [0.717, 1.165) is 17.9 Å². The smallest absolute Gasteiger partial charge is 0.309 e. The van der Waals surface area contributed by atoms with E-state index in [-0.39, 0.29) is 28.5 Å². The summed E-state index contributed by atoms with van der Waals surface area (Å²) in [5.74, 6) is 2.25. The second-order valence-electron chi connectivity index (χ2n) is 9.30. The summed E-state index contributed by atoms with van der Waals surface area (Å²) in [6.45, 7) is 13.8. The maximum Gasteiger partial charge on any atom is 0.309 e. The fourth-order valence-corrected chi connectivity index (χ4v) is 3.16. The molecule has 1 aliphatic heterocycles. The summed E-state index contributed by atoms with van der Waals surface area (Å²) in [6.07, 6.45) is 2.45. The summed E-state index contributed by atoms with van der Waals surface area (Å²) in [4.78, 5) is 23.3. The van der Waals surface area contributed by atoms with Crippen LogP contribution < -0.4 is 5.73 Å². The lowest BCUT2D eigenvalue weighted by Gasteiger charge is -2.15. The molecule has 2 N–H and O–H groups in total. The molecule has 0 radical (unpaired) electrons. The molecule has 7 nitrogen and oxygen atoms in total. The predicted octanol–water partition coefficient (Wildman–Crippen LogP) is 3.35. The van der Waals surface area contributed by atoms with Crippen molar-refractivity contribution in [2.45, 2.75) is 71.3 Å². The van der Waals surface area contributed by atoms with Crippen molar-refractivity contribution in [2.75, 3.05) is 13.1 Å². The Hall–Kier alpha value is -2.15. The first-order valence-corrected chi connectivity index (χ1v) is 9.46. The highest BCUT2D eigenvalue weighted by molar-refractivity contribution is 5.90. The van der Waals surface area contributed by atoms with Gasteiger partial charge in [0.25, 0.3) is 5.89 Å². The Labute approximate surface area is 160 Å². The number of oxazole rings is 2. The highest BCUT2D eigenvalue weighted by Gasteiger charge is 2.35. The van der Waals surface area contributed by atoms with Gasteiger partial charge < -0.3 is 19.5 Å². The Morgan fingerprint density at radius 3 is 2.48 bits per heavy atom. The molecule has 7 heteroatoms. The maximum atomic E-state index is 12.8. The number of carbonyl (C=O) groups is 1. The molecule has 1 amide bonds. The topological polar surface area (TPSA) is 98.4 Å². The van der Waals surface area contributed by atoms with Crippen LogP contribution in [-0.2, 0) is 17.4 Å². The molecule has 1 fully saturated rings. The molecule has 1 atom stereocenters. The summed E-state index contributed by atoms with van der Waals surface area (Å²) >= 11 is 0. The molecule has 0 aliphatic carbocycles. The standard InChI is InChI=1S/C20H30N4O3/c1-19(2,3)14-10-22-16(26-14)17(25)24-8-7-12(11-24)15-13(9-21)23-18(27-15)20(4,5)6/h10,12H,7-9,11,21H2,1-6H3. The molecule has 1 saturated heterocycles. The van der Waals surface area contributed by atoms with Gasteiger partial charge in [-0.2, -0.15) is 0 Å². The van der Waals surface area contributed by atoms with Gasteiger partial charge in [0, 0.05) is 36.4 Å². The van der Waals surface area contributed by atoms with Gasteiger partial charge in [0.15, 0.2) is 5.89 Å². The van der Waals surface area contributed by atoms with Gasteiger partial charge in [0.2, 0.25) is 0 Å². The van der Waals surface area contributed by atoms with Gasteiger partial charge in [-0.15, -0.1) is 0 Å². The van der Waals surface area contributed by atoms with E-state index >= 15 is 0 Å². The molecule has 1 aliphatic rings. The second kappa shape index (κ2) is 6.78. The molecule has 2 aromatic rings. The summed E-state index contributed by atoms with van der Waals surface area (Å²) in [5.41, 5.74) is 6.29. The van der Waals surface area contributed by atoms with E-state index in [2.05, 4.69) is 30.7 Å². The molecular formula is C20H30N4O3. The zero-order valence-corrected chi connectivity index (χ0v) is 17.1. The number of rotatable bonds is 3. The largest absolute Gasteiger partial charge is 0.444 e. The van der Waals surface area contributed by atoms with E-state index in [4.69, 9.17) is 14.6 Å². The number of nitrogens with zero attached hydrogens (tertiary/aromatic N) is 3. The first kappa shape index (κ1) is 19.6. The third kappa shape index (κ3) is 3.93. The van der Waals surface area contributed by atoms with Crippen molar-refractivity contribution in [1.82, 2.24) is 14.9 Å². The quantitative estimate of drug-likeness (QED) is 0.884. The van der Waals surface area contributed by atoms with E-state index in [1.807, 2.05) is 20.8 Å². The third-order valence-corrected chi connectivity index (χ3v) is 4.84. The molecule has 27 heavy (non-hydrogen) atoms. The molecule has 0 aromatic carbocycles. The average Bonchev–Trinajstić information content (AvgIpc) is 3.29. The van der Waals surface area contributed by atoms with Crippen molar-refractivity contribution < 1.29 is 13.6 Å². The first-order valence-electron chi connectivity index (χ1n) is 9.46. The van der Waals surface area contributed by atoms with Crippen LogP contribution in [0.25, 0.3) is 0 Å². The Balaban J connectivity index is 1.76. The monoisotopic (exact) mass is 374 g/mol. The minimum Gasteiger partial charge on any atom is -0.444 e. The van der Waals surface area contributed by atoms with Gasteiger partial charge in [-0.05, 0) is 6.42 Å². The predicted molar refractivity (Wildman–Crippen MR) is 102 cm³/mol. The summed E-state index contributed by atoms with van der Waals surface area (Å²) in [5, 5.41) is 0. The minimum atomic E-state index is -0.183. The van der Waals surface area contributed by atoms with E-state index in [1.165, 1.54) is 0 Å². The van der Waals surface area contributed by atoms with E-state index in [1.54, 1.807) is 11.1 Å². The van der Waals surface area contributed by atoms with Gasteiger partial charge in [-0.3, -0.25) is 4.79 Å². The highest BCUT2D eigenvalue weighted by Crippen LogP contribution is 2.34. The van der Waals surface area contributed by atoms with E-state index < -0.39 is 0 Å². The number of nitrogens with two attached hydrogens (primary N) is 1. The molecule has 2 aromatic heterocycles. The van der Waals surface area contributed by atoms with E-state index in [0.29, 0.717) is 31.3 Å². The Bertz CT molecular complexity index is 823. The average molecular weight is 374 g/mol. The van der Waals surface area contributed by atoms with Gasteiger partial charge in [-0.1, -0.05) is 41.5 Å². The number of amides is 1. The Kier molecular flexibility index (Phi) is 4.93. The van der Waals surface area contributed by atoms with Crippen LogP contribution in [0.15, 0.2) is 15.0 Å². The van der Waals surface area contributed by atoms with Crippen molar-refractivity contribution in [3.8, 4) is 0 Å². The Morgan fingerprint density at radius 2 is 1.93 bits per heavy atom. The lowest BCUT2D eigenvalue weighted by Crippen LogP contribution is -2.28. The zero-order valence-electron chi connectivity index (χ0n) is 17.1. The van der Waals surface area contributed by atoms with Crippen molar-refractivity contribution in [2.24, 2.45) is 5.73 Å². The fourth-order valence-electron chi connectivity index (χ4n) is 3.16. The SMILES string of the molecule is CC(C)(C)c1cnc(C(=O)N2CCC(c3oc(C(C)(C)C)nc3CN)C2)o1. The molecule has 148 valence electrons. The van der Waals surface area contributed by atoms with Crippen LogP contribution in [0.3, 0.4) is 0 Å². The molecule has 0 saturated carbocycles. The van der Waals surface area contributed by atoms with Crippen LogP contribution in [0.4, 0.5) is 0 Å². The van der Waals surface area contributed by atoms with Crippen molar-refractivity contribution in [3.63, 3.8) is 0 Å². The van der Waals surface area contributed by atoms with Crippen LogP contribution in [-0.4, -0.2) is 33.9 Å². The van der Waals surface area contributed by atoms with Gasteiger partial charge in [-0.25, -0.2) is 9.97 Å². The summed E-state index contributed by atoms with van der Waals surface area (Å²) in [6, 6.07) is 0. The van der Waals surface area contributed by atoms with Crippen LogP contribution in [0.2, 0.25) is 0 Å². The number of aromatic nitrogens is 2. The van der Waals surface area contributed by atoms with Gasteiger partial charge >= 0.3 is 5.91 Å². The summed E-state index contributed by atoms with van der Waals surface area (Å²) in [7, 11) is 0. The number of likely N-dealkylation sites (tertiary alicyclic amines) is 1. The number of carbonyl (C=O) groups excluding carboxylic acids is 1. The third-order valence-electron chi connectivity index (χ3n) is 4.84. The normalized spacial score (nSPS) is 18.3. The molecule has 3 rings (SSSR count). The molecule has 3 heterocycles. The molecule has 0 bridgehead atoms. The van der Waals surface area contributed by atoms with Crippen molar-refractivity contribution in [1.29, 1.82) is 0 Å². The zero-order chi connectivity index (χ0) is 20.0. The molecule has 0 spiro atoms. The van der Waals surface area contributed by atoms with Crippen LogP contribution in [0.5, 0.6) is 0 Å². The maximum absolute atomic E-state index is 12.8. The summed E-state index contributed by atoms with van der Waals surface area (Å²) < 4.78 is 11.8. The fraction of sp³-hybridized carbons (Fsp3) is 0.650. The van der Waals surface area contributed by atoms with E-state index in [9.17, 15) is 4.79 Å².